The van der Waals surface area contributed by atoms with Crippen LogP contribution in [-0.2, 0) is 29.1 Å². The predicted octanol–water partition coefficient (Wildman–Crippen LogP) is 4.11. The fraction of sp³-hybridized carbons (Fsp3) is 0.385. The second-order valence-corrected chi connectivity index (χ2v) is 10.5. The van der Waals surface area contributed by atoms with E-state index in [4.69, 9.17) is 9.47 Å². The van der Waals surface area contributed by atoms with Gasteiger partial charge in [0.05, 0.1) is 23.8 Å². The Hall–Kier alpha value is -3.13. The number of para-hydroxylation sites is 1. The number of hydrogen-bond acceptors (Lipinski definition) is 6. The summed E-state index contributed by atoms with van der Waals surface area (Å²) >= 11 is 0. The molecule has 8 heteroatoms. The van der Waals surface area contributed by atoms with Crippen LogP contribution in [0.2, 0.25) is 0 Å². The van der Waals surface area contributed by atoms with Crippen LogP contribution in [0.15, 0.2) is 59.5 Å². The predicted molar refractivity (Wildman–Crippen MR) is 129 cm³/mol. The third-order valence-electron chi connectivity index (χ3n) is 6.61. The molecule has 0 radical (unpaired) electrons. The van der Waals surface area contributed by atoms with Crippen molar-refractivity contribution in [3.05, 3.63) is 65.7 Å². The first-order valence-corrected chi connectivity index (χ1v) is 12.9. The number of benzene rings is 2. The minimum absolute atomic E-state index is 0.0788. The maximum atomic E-state index is 13.8. The molecule has 0 saturated heterocycles. The van der Waals surface area contributed by atoms with Crippen molar-refractivity contribution in [2.45, 2.75) is 45.1 Å². The van der Waals surface area contributed by atoms with Crippen LogP contribution in [0.25, 0.3) is 5.57 Å². The van der Waals surface area contributed by atoms with E-state index in [1.54, 1.807) is 56.3 Å². The summed E-state index contributed by atoms with van der Waals surface area (Å²) in [5, 5.41) is 0. The van der Waals surface area contributed by atoms with E-state index in [1.807, 2.05) is 26.0 Å². The fourth-order valence-electron chi connectivity index (χ4n) is 4.95. The Kier molecular flexibility index (Phi) is 6.29. The number of esters is 2. The number of fused-ring (bicyclic) bond motifs is 3. The highest BCUT2D eigenvalue weighted by molar-refractivity contribution is 7.92. The summed E-state index contributed by atoms with van der Waals surface area (Å²) in [6, 6.07) is 13.4. The summed E-state index contributed by atoms with van der Waals surface area (Å²) in [6.45, 7) is 7.31. The molecule has 4 rings (SSSR count). The van der Waals surface area contributed by atoms with Gasteiger partial charge in [-0.25, -0.2) is 8.42 Å². The molecule has 1 aliphatic carbocycles. The highest BCUT2D eigenvalue weighted by Gasteiger charge is 2.57. The number of carbonyl (C=O) groups excluding carboxylic acids is 2. The van der Waals surface area contributed by atoms with E-state index >= 15 is 0 Å². The van der Waals surface area contributed by atoms with E-state index in [1.165, 1.54) is 4.31 Å². The lowest BCUT2D eigenvalue weighted by Gasteiger charge is -2.41. The van der Waals surface area contributed by atoms with Crippen LogP contribution >= 0.6 is 0 Å². The third kappa shape index (κ3) is 3.70. The molecule has 0 spiro atoms. The molecule has 0 amide bonds. The quantitative estimate of drug-likeness (QED) is 0.454. The molecule has 0 saturated carbocycles. The van der Waals surface area contributed by atoms with Gasteiger partial charge in [0.1, 0.15) is 0 Å². The number of hydrogen-bond donors (Lipinski definition) is 0. The minimum atomic E-state index is -3.90. The van der Waals surface area contributed by atoms with E-state index in [9.17, 15) is 18.0 Å². The van der Waals surface area contributed by atoms with Gasteiger partial charge in [0.2, 0.25) is 0 Å². The average Bonchev–Trinajstić information content (AvgIpc) is 3.23. The zero-order valence-corrected chi connectivity index (χ0v) is 20.6. The lowest BCUT2D eigenvalue weighted by Crippen LogP contribution is -2.47. The van der Waals surface area contributed by atoms with Crippen molar-refractivity contribution in [1.29, 1.82) is 0 Å². The minimum Gasteiger partial charge on any atom is -0.465 e. The Labute approximate surface area is 200 Å². The molecule has 34 heavy (non-hydrogen) atoms. The molecule has 7 nitrogen and oxygen atoms in total. The first-order chi connectivity index (χ1) is 16.2. The second-order valence-electron chi connectivity index (χ2n) is 8.69. The highest BCUT2D eigenvalue weighted by Crippen LogP contribution is 2.54. The molecule has 2 aromatic carbocycles. The van der Waals surface area contributed by atoms with Crippen LogP contribution < -0.4 is 4.31 Å². The number of rotatable bonds is 6. The van der Waals surface area contributed by atoms with Crippen molar-refractivity contribution < 1.29 is 27.5 Å². The molecule has 0 bridgehead atoms. The molecule has 2 aromatic rings. The van der Waals surface area contributed by atoms with Crippen molar-refractivity contribution in [1.82, 2.24) is 0 Å². The van der Waals surface area contributed by atoms with Crippen molar-refractivity contribution in [3.63, 3.8) is 0 Å². The van der Waals surface area contributed by atoms with Gasteiger partial charge in [-0.1, -0.05) is 42.0 Å². The van der Waals surface area contributed by atoms with Crippen molar-refractivity contribution in [3.8, 4) is 0 Å². The Bertz CT molecular complexity index is 1230. The molecule has 2 atom stereocenters. The summed E-state index contributed by atoms with van der Waals surface area (Å²) < 4.78 is 39.6. The molecule has 0 unspecified atom stereocenters. The monoisotopic (exact) mass is 483 g/mol. The lowest BCUT2D eigenvalue weighted by molar-refractivity contribution is -0.168. The Morgan fingerprint density at radius 3 is 2.18 bits per heavy atom. The van der Waals surface area contributed by atoms with Gasteiger partial charge in [-0.2, -0.15) is 0 Å². The van der Waals surface area contributed by atoms with Gasteiger partial charge in [-0.15, -0.1) is 0 Å². The summed E-state index contributed by atoms with van der Waals surface area (Å²) in [5.41, 5.74) is 1.30. The van der Waals surface area contributed by atoms with Crippen LogP contribution in [-0.4, -0.2) is 39.6 Å². The number of aryl methyl sites for hydroxylation is 1. The largest absolute Gasteiger partial charge is 0.465 e. The normalized spacial score (nSPS) is 20.7. The molecule has 2 aliphatic rings. The summed E-state index contributed by atoms with van der Waals surface area (Å²) in [7, 11) is -3.90. The zero-order chi connectivity index (χ0) is 24.7. The van der Waals surface area contributed by atoms with Gasteiger partial charge < -0.3 is 9.47 Å². The van der Waals surface area contributed by atoms with Gasteiger partial charge in [0.25, 0.3) is 10.0 Å². The van der Waals surface area contributed by atoms with E-state index < -0.39 is 39.3 Å². The van der Waals surface area contributed by atoms with Crippen LogP contribution in [0.3, 0.4) is 0 Å². The highest BCUT2D eigenvalue weighted by atomic mass is 32.2. The number of ether oxygens (including phenoxy) is 2. The van der Waals surface area contributed by atoms with E-state index in [0.717, 1.165) is 11.1 Å². The third-order valence-corrected chi connectivity index (χ3v) is 8.52. The molecule has 180 valence electrons. The lowest BCUT2D eigenvalue weighted by atomic mass is 9.81. The first-order valence-electron chi connectivity index (χ1n) is 11.4. The Balaban J connectivity index is 1.87. The Morgan fingerprint density at radius 1 is 1.00 bits per heavy atom. The Morgan fingerprint density at radius 2 is 1.59 bits per heavy atom. The number of sulfonamides is 1. The zero-order valence-electron chi connectivity index (χ0n) is 19.8. The van der Waals surface area contributed by atoms with Gasteiger partial charge in [0.15, 0.2) is 5.41 Å². The smallest absolute Gasteiger partial charge is 0.327 e. The van der Waals surface area contributed by atoms with Crippen molar-refractivity contribution in [2.24, 2.45) is 11.3 Å². The molecule has 1 heterocycles. The van der Waals surface area contributed by atoms with Crippen molar-refractivity contribution >= 4 is 33.2 Å². The van der Waals surface area contributed by atoms with Gasteiger partial charge in [-0.05, 0) is 57.9 Å². The molecule has 0 N–H and O–H groups in total. The maximum absolute atomic E-state index is 13.8. The summed E-state index contributed by atoms with van der Waals surface area (Å²) in [5.74, 6) is -1.75. The molecule has 0 aromatic heterocycles. The van der Waals surface area contributed by atoms with Crippen molar-refractivity contribution in [2.75, 3.05) is 17.5 Å². The van der Waals surface area contributed by atoms with Crippen LogP contribution in [0.5, 0.6) is 0 Å². The fourth-order valence-corrected chi connectivity index (χ4v) is 6.66. The molecule has 0 fully saturated rings. The van der Waals surface area contributed by atoms with Crippen LogP contribution in [0.4, 0.5) is 5.69 Å². The van der Waals surface area contributed by atoms with Crippen LogP contribution in [0.1, 0.15) is 38.3 Å². The van der Waals surface area contributed by atoms with Crippen LogP contribution in [0, 0.1) is 18.3 Å². The van der Waals surface area contributed by atoms with E-state index in [2.05, 4.69) is 0 Å². The standard InChI is InChI=1S/C26H29NO6S/c1-5-32-24(28)26(25(29)33-6-2)15-21-18(4)27(23-10-8-7-9-20(23)22(21)16-26)34(30,31)19-13-11-17(3)12-14-19/h7-14,16,18,21H,5-6,15H2,1-4H3/t18-,21-/m1/s1. The first kappa shape index (κ1) is 24.0. The molecule has 1 aliphatic heterocycles. The molecular formula is C26H29NO6S. The summed E-state index contributed by atoms with van der Waals surface area (Å²) in [6.07, 6.45) is 1.72. The van der Waals surface area contributed by atoms with E-state index in [0.29, 0.717) is 11.3 Å². The average molecular weight is 484 g/mol. The SMILES string of the molecule is CCOC(=O)C1(C(=O)OCC)C=C2c3ccccc3N(S(=O)(=O)c3ccc(C)cc3)[C@H](C)[C@H]2C1. The second kappa shape index (κ2) is 8.91. The van der Waals surface area contributed by atoms with Gasteiger partial charge in [0, 0.05) is 17.5 Å². The maximum Gasteiger partial charge on any atom is 0.327 e. The molecular weight excluding hydrogens is 454 g/mol. The van der Waals surface area contributed by atoms with Gasteiger partial charge in [-0.3, -0.25) is 13.9 Å². The topological polar surface area (TPSA) is 90.0 Å². The number of nitrogens with zero attached hydrogens (tertiary/aromatic N) is 1. The van der Waals surface area contributed by atoms with Gasteiger partial charge >= 0.3 is 11.9 Å². The number of carbonyl (C=O) groups is 2. The summed E-state index contributed by atoms with van der Waals surface area (Å²) in [4.78, 5) is 26.3. The van der Waals surface area contributed by atoms with E-state index in [-0.39, 0.29) is 24.5 Å². The number of anilines is 1.